The van der Waals surface area contributed by atoms with E-state index in [0.717, 1.165) is 38.5 Å². The van der Waals surface area contributed by atoms with Crippen molar-refractivity contribution in [2.75, 3.05) is 12.3 Å². The molecule has 0 rings (SSSR count). The molecule has 0 amide bonds. The second kappa shape index (κ2) is 23.4. The van der Waals surface area contributed by atoms with Crippen molar-refractivity contribution < 1.29 is 22.7 Å². The van der Waals surface area contributed by atoms with Crippen molar-refractivity contribution in [3.8, 4) is 0 Å². The van der Waals surface area contributed by atoms with Crippen molar-refractivity contribution in [2.24, 2.45) is 0 Å². The van der Waals surface area contributed by atoms with Crippen LogP contribution < -0.4 is 4.72 Å². The molecule has 0 aliphatic carbocycles. The minimum atomic E-state index is -3.52. The summed E-state index contributed by atoms with van der Waals surface area (Å²) in [7, 11) is -3.52. The van der Waals surface area contributed by atoms with Crippen LogP contribution in [0, 0.1) is 0 Å². The standard InChI is InChI=1S/C29H58FNO4S/c1-3-5-6-7-8-9-10-11-12-13-14-15-16-18-21-24-29(30,4-2)25-22-19-17-20-23-26-36(34,35)31-27-28(32)33/h31H,3-27H2,1-2H3,(H,32,33). The van der Waals surface area contributed by atoms with Crippen LogP contribution in [0.25, 0.3) is 0 Å². The number of halogens is 1. The van der Waals surface area contributed by atoms with Gasteiger partial charge < -0.3 is 5.11 Å². The lowest BCUT2D eigenvalue weighted by Crippen LogP contribution is -2.31. The Kier molecular flexibility index (Phi) is 23.0. The monoisotopic (exact) mass is 535 g/mol. The summed E-state index contributed by atoms with van der Waals surface area (Å²) in [6.45, 7) is 3.64. The van der Waals surface area contributed by atoms with Crippen molar-refractivity contribution in [3.63, 3.8) is 0 Å². The fourth-order valence-corrected chi connectivity index (χ4v) is 5.87. The first-order valence-corrected chi connectivity index (χ1v) is 16.8. The Hall–Kier alpha value is -0.690. The summed E-state index contributed by atoms with van der Waals surface area (Å²) in [5.74, 6) is -1.24. The lowest BCUT2D eigenvalue weighted by molar-refractivity contribution is -0.135. The number of sulfonamides is 1. The summed E-state index contributed by atoms with van der Waals surface area (Å²) in [5.41, 5.74) is -1.05. The molecular weight excluding hydrogens is 477 g/mol. The van der Waals surface area contributed by atoms with Crippen molar-refractivity contribution >= 4 is 16.0 Å². The Morgan fingerprint density at radius 2 is 1.03 bits per heavy atom. The van der Waals surface area contributed by atoms with Crippen molar-refractivity contribution in [2.45, 2.75) is 167 Å². The summed E-state index contributed by atoms with van der Waals surface area (Å²) in [6, 6.07) is 0. The number of carbonyl (C=O) groups is 1. The number of rotatable bonds is 28. The van der Waals surface area contributed by atoms with Crippen molar-refractivity contribution in [1.82, 2.24) is 4.72 Å². The molecule has 0 aromatic rings. The Morgan fingerprint density at radius 1 is 0.667 bits per heavy atom. The van der Waals surface area contributed by atoms with E-state index in [9.17, 15) is 13.2 Å². The number of carboxylic acid groups (broad SMARTS) is 1. The van der Waals surface area contributed by atoms with Gasteiger partial charge in [-0.1, -0.05) is 136 Å². The third kappa shape index (κ3) is 23.7. The van der Waals surface area contributed by atoms with Gasteiger partial charge in [0.15, 0.2) is 0 Å². The van der Waals surface area contributed by atoms with Gasteiger partial charge >= 0.3 is 5.97 Å². The summed E-state index contributed by atoms with van der Waals surface area (Å²) in [5, 5.41) is 8.54. The quantitative estimate of drug-likeness (QED) is 0.0981. The van der Waals surface area contributed by atoms with E-state index >= 15 is 4.39 Å². The topological polar surface area (TPSA) is 83.5 Å². The van der Waals surface area contributed by atoms with E-state index in [0.29, 0.717) is 25.7 Å². The third-order valence-electron chi connectivity index (χ3n) is 7.34. The van der Waals surface area contributed by atoms with Crippen LogP contribution in [-0.4, -0.2) is 37.5 Å². The van der Waals surface area contributed by atoms with Gasteiger partial charge in [-0.25, -0.2) is 17.5 Å². The molecule has 36 heavy (non-hydrogen) atoms. The third-order valence-corrected chi connectivity index (χ3v) is 8.75. The molecule has 0 radical (unpaired) electrons. The first kappa shape index (κ1) is 35.3. The highest BCUT2D eigenvalue weighted by Crippen LogP contribution is 2.30. The molecule has 0 aromatic carbocycles. The fourth-order valence-electron chi connectivity index (χ4n) is 4.80. The SMILES string of the molecule is CCCCCCCCCCCCCCCCCC(F)(CC)CCCCCCCS(=O)(=O)NCC(=O)O. The smallest absolute Gasteiger partial charge is 0.318 e. The molecule has 7 heteroatoms. The van der Waals surface area contributed by atoms with E-state index in [4.69, 9.17) is 5.11 Å². The molecule has 0 aliphatic rings. The summed E-state index contributed by atoms with van der Waals surface area (Å²) < 4.78 is 40.5. The van der Waals surface area contributed by atoms with Crippen molar-refractivity contribution in [3.05, 3.63) is 0 Å². The lowest BCUT2D eigenvalue weighted by atomic mass is 9.89. The maximum absolute atomic E-state index is 15.1. The van der Waals surface area contributed by atoms with E-state index in [1.165, 1.54) is 83.5 Å². The molecule has 0 heterocycles. The zero-order valence-corrected chi connectivity index (χ0v) is 24.5. The Bertz CT molecular complexity index is 614. The molecule has 0 aliphatic heterocycles. The van der Waals surface area contributed by atoms with Crippen LogP contribution in [0.15, 0.2) is 0 Å². The van der Waals surface area contributed by atoms with E-state index in [2.05, 4.69) is 11.6 Å². The predicted molar refractivity (Wildman–Crippen MR) is 151 cm³/mol. The lowest BCUT2D eigenvalue weighted by Gasteiger charge is -2.24. The first-order valence-electron chi connectivity index (χ1n) is 15.1. The number of hydrogen-bond acceptors (Lipinski definition) is 3. The Morgan fingerprint density at radius 3 is 1.39 bits per heavy atom. The number of alkyl halides is 1. The molecule has 1 unspecified atom stereocenters. The van der Waals surface area contributed by atoms with Crippen LogP contribution in [0.5, 0.6) is 0 Å². The molecule has 1 atom stereocenters. The molecule has 0 fully saturated rings. The number of unbranched alkanes of at least 4 members (excludes halogenated alkanes) is 18. The second-order valence-corrected chi connectivity index (χ2v) is 12.7. The maximum atomic E-state index is 15.1. The number of aliphatic carboxylic acids is 1. The molecular formula is C29H58FNO4S. The van der Waals surface area contributed by atoms with E-state index in [-0.39, 0.29) is 5.75 Å². The largest absolute Gasteiger partial charge is 0.480 e. The second-order valence-electron chi connectivity index (χ2n) is 10.8. The summed E-state index contributed by atoms with van der Waals surface area (Å²) in [4.78, 5) is 10.4. The number of carboxylic acids is 1. The van der Waals surface area contributed by atoms with Gasteiger partial charge in [0, 0.05) is 0 Å². The van der Waals surface area contributed by atoms with Gasteiger partial charge in [0.1, 0.15) is 12.2 Å². The number of hydrogen-bond donors (Lipinski definition) is 2. The maximum Gasteiger partial charge on any atom is 0.318 e. The summed E-state index contributed by atoms with van der Waals surface area (Å²) in [6.07, 6.45) is 25.5. The van der Waals surface area contributed by atoms with Crippen LogP contribution in [0.4, 0.5) is 4.39 Å². The minimum Gasteiger partial charge on any atom is -0.480 e. The van der Waals surface area contributed by atoms with Gasteiger partial charge in [-0.15, -0.1) is 0 Å². The van der Waals surface area contributed by atoms with Gasteiger partial charge in [-0.05, 0) is 25.7 Å². The first-order chi connectivity index (χ1) is 17.2. The van der Waals surface area contributed by atoms with Gasteiger partial charge in [0.2, 0.25) is 10.0 Å². The predicted octanol–water partition coefficient (Wildman–Crippen LogP) is 8.71. The number of nitrogens with one attached hydrogen (secondary N) is 1. The van der Waals surface area contributed by atoms with Crippen LogP contribution in [0.3, 0.4) is 0 Å². The Labute approximate surface area is 222 Å². The molecule has 0 aromatic heterocycles. The zero-order chi connectivity index (χ0) is 27.0. The molecule has 0 saturated heterocycles. The Balaban J connectivity index is 3.59. The van der Waals surface area contributed by atoms with Gasteiger partial charge in [-0.2, -0.15) is 0 Å². The highest BCUT2D eigenvalue weighted by molar-refractivity contribution is 7.89. The van der Waals surface area contributed by atoms with Crippen LogP contribution in [-0.2, 0) is 14.8 Å². The average Bonchev–Trinajstić information content (AvgIpc) is 2.84. The van der Waals surface area contributed by atoms with Crippen LogP contribution >= 0.6 is 0 Å². The van der Waals surface area contributed by atoms with E-state index in [1.807, 2.05) is 6.92 Å². The normalized spacial score (nSPS) is 13.6. The van der Waals surface area contributed by atoms with E-state index in [1.54, 1.807) is 0 Å². The molecule has 0 spiro atoms. The molecule has 5 nitrogen and oxygen atoms in total. The minimum absolute atomic E-state index is 0.0541. The molecule has 0 bridgehead atoms. The van der Waals surface area contributed by atoms with E-state index < -0.39 is 28.2 Å². The van der Waals surface area contributed by atoms with Gasteiger partial charge in [-0.3, -0.25) is 4.79 Å². The van der Waals surface area contributed by atoms with Crippen molar-refractivity contribution in [1.29, 1.82) is 0 Å². The zero-order valence-electron chi connectivity index (χ0n) is 23.6. The van der Waals surface area contributed by atoms with Crippen LogP contribution in [0.1, 0.15) is 162 Å². The fraction of sp³-hybridized carbons (Fsp3) is 0.966. The summed E-state index contributed by atoms with van der Waals surface area (Å²) >= 11 is 0. The van der Waals surface area contributed by atoms with Crippen LogP contribution in [0.2, 0.25) is 0 Å². The molecule has 2 N–H and O–H groups in total. The van der Waals surface area contributed by atoms with Gasteiger partial charge in [0.25, 0.3) is 0 Å². The molecule has 0 saturated carbocycles. The average molecular weight is 536 g/mol. The highest BCUT2D eigenvalue weighted by Gasteiger charge is 2.25. The molecule has 216 valence electrons. The van der Waals surface area contributed by atoms with Gasteiger partial charge in [0.05, 0.1) is 5.75 Å². The highest BCUT2D eigenvalue weighted by atomic mass is 32.2.